The minimum atomic E-state index is -4.09. The summed E-state index contributed by atoms with van der Waals surface area (Å²) >= 11 is 0. The Balaban J connectivity index is 2.12. The lowest BCUT2D eigenvalue weighted by molar-refractivity contribution is -0.139. The van der Waals surface area contributed by atoms with Gasteiger partial charge in [0.25, 0.3) is 0 Å². The van der Waals surface area contributed by atoms with Crippen LogP contribution in [0.1, 0.15) is 13.3 Å². The van der Waals surface area contributed by atoms with Crippen molar-refractivity contribution in [3.05, 3.63) is 0 Å². The fourth-order valence-corrected chi connectivity index (χ4v) is 1.51. The molecule has 90 valence electrons. The maximum Gasteiger partial charge on any atom is 0.390 e. The number of hydrogen-bond donors (Lipinski definition) is 2. The minimum absolute atomic E-state index is 0.120. The van der Waals surface area contributed by atoms with E-state index in [0.29, 0.717) is 19.8 Å². The van der Waals surface area contributed by atoms with E-state index in [4.69, 9.17) is 4.74 Å². The Morgan fingerprint density at radius 2 is 2.27 bits per heavy atom. The second-order valence-electron chi connectivity index (χ2n) is 3.85. The molecule has 1 heterocycles. The molecular formula is C9H17F3N2O. The maximum absolute atomic E-state index is 12.0. The van der Waals surface area contributed by atoms with Gasteiger partial charge in [-0.05, 0) is 6.92 Å². The zero-order valence-corrected chi connectivity index (χ0v) is 8.73. The number of hydrogen-bond acceptors (Lipinski definition) is 3. The number of ether oxygens (including phenoxy) is 1. The molecule has 0 aromatic heterocycles. The standard InChI is InChI=1S/C9H17F3N2O/c1-7(4-9(10,11)12)14-5-8-6-15-3-2-13-8/h7-8,13-14H,2-6H2,1H3. The van der Waals surface area contributed by atoms with E-state index in [1.807, 2.05) is 0 Å². The van der Waals surface area contributed by atoms with E-state index < -0.39 is 18.6 Å². The molecule has 2 N–H and O–H groups in total. The summed E-state index contributed by atoms with van der Waals surface area (Å²) in [4.78, 5) is 0. The topological polar surface area (TPSA) is 33.3 Å². The van der Waals surface area contributed by atoms with Gasteiger partial charge in [0.2, 0.25) is 0 Å². The predicted molar refractivity (Wildman–Crippen MR) is 50.7 cm³/mol. The van der Waals surface area contributed by atoms with E-state index in [1.54, 1.807) is 0 Å². The van der Waals surface area contributed by atoms with Crippen LogP contribution < -0.4 is 10.6 Å². The average molecular weight is 226 g/mol. The number of alkyl halides is 3. The molecule has 1 fully saturated rings. The fraction of sp³-hybridized carbons (Fsp3) is 1.00. The molecule has 1 aliphatic heterocycles. The Labute approximate surface area is 87.4 Å². The largest absolute Gasteiger partial charge is 0.390 e. The summed E-state index contributed by atoms with van der Waals surface area (Å²) in [7, 11) is 0. The number of halogens is 3. The van der Waals surface area contributed by atoms with Gasteiger partial charge in [0, 0.05) is 25.2 Å². The van der Waals surface area contributed by atoms with Crippen molar-refractivity contribution in [2.24, 2.45) is 0 Å². The van der Waals surface area contributed by atoms with E-state index in [1.165, 1.54) is 6.92 Å². The summed E-state index contributed by atoms with van der Waals surface area (Å²) in [6.07, 6.45) is -4.89. The van der Waals surface area contributed by atoms with Crippen molar-refractivity contribution in [3.63, 3.8) is 0 Å². The quantitative estimate of drug-likeness (QED) is 0.747. The predicted octanol–water partition coefficient (Wildman–Crippen LogP) is 0.905. The summed E-state index contributed by atoms with van der Waals surface area (Å²) in [5.74, 6) is 0. The minimum Gasteiger partial charge on any atom is -0.378 e. The van der Waals surface area contributed by atoms with E-state index in [-0.39, 0.29) is 6.04 Å². The molecule has 0 bridgehead atoms. The zero-order valence-electron chi connectivity index (χ0n) is 8.73. The van der Waals surface area contributed by atoms with Crippen LogP contribution in [-0.2, 0) is 4.74 Å². The van der Waals surface area contributed by atoms with Crippen molar-refractivity contribution >= 4 is 0 Å². The SMILES string of the molecule is CC(CC(F)(F)F)NCC1COCCN1. The van der Waals surface area contributed by atoms with Crippen LogP contribution in [0.4, 0.5) is 13.2 Å². The molecular weight excluding hydrogens is 209 g/mol. The summed E-state index contributed by atoms with van der Waals surface area (Å²) in [5, 5.41) is 6.01. The zero-order chi connectivity index (χ0) is 11.3. The van der Waals surface area contributed by atoms with Gasteiger partial charge in [-0.3, -0.25) is 0 Å². The van der Waals surface area contributed by atoms with Crippen LogP contribution >= 0.6 is 0 Å². The smallest absolute Gasteiger partial charge is 0.378 e. The first kappa shape index (κ1) is 12.7. The van der Waals surface area contributed by atoms with Crippen LogP contribution in [0.3, 0.4) is 0 Å². The summed E-state index contributed by atoms with van der Waals surface area (Å²) in [6, 6.07) is -0.428. The molecule has 2 unspecified atom stereocenters. The molecule has 0 amide bonds. The lowest BCUT2D eigenvalue weighted by Crippen LogP contribution is -2.49. The van der Waals surface area contributed by atoms with Gasteiger partial charge in [0.15, 0.2) is 0 Å². The highest BCUT2D eigenvalue weighted by Crippen LogP contribution is 2.21. The Hall–Kier alpha value is -0.330. The van der Waals surface area contributed by atoms with Crippen molar-refractivity contribution < 1.29 is 17.9 Å². The van der Waals surface area contributed by atoms with Crippen LogP contribution in [0, 0.1) is 0 Å². The van der Waals surface area contributed by atoms with Crippen LogP contribution in [-0.4, -0.2) is 44.6 Å². The lowest BCUT2D eigenvalue weighted by Gasteiger charge is -2.26. The first-order chi connectivity index (χ1) is 6.97. The highest BCUT2D eigenvalue weighted by molar-refractivity contribution is 4.75. The normalized spacial score (nSPS) is 25.2. The van der Waals surface area contributed by atoms with Crippen LogP contribution in [0.2, 0.25) is 0 Å². The molecule has 15 heavy (non-hydrogen) atoms. The van der Waals surface area contributed by atoms with Crippen molar-refractivity contribution in [1.29, 1.82) is 0 Å². The first-order valence-electron chi connectivity index (χ1n) is 5.08. The van der Waals surface area contributed by atoms with E-state index >= 15 is 0 Å². The number of rotatable bonds is 4. The summed E-state index contributed by atoms with van der Waals surface area (Å²) in [5.41, 5.74) is 0. The van der Waals surface area contributed by atoms with Gasteiger partial charge in [-0.2, -0.15) is 13.2 Å². The van der Waals surface area contributed by atoms with Gasteiger partial charge in [-0.1, -0.05) is 0 Å². The van der Waals surface area contributed by atoms with Crippen molar-refractivity contribution in [2.75, 3.05) is 26.3 Å². The van der Waals surface area contributed by atoms with Gasteiger partial charge in [0.1, 0.15) is 0 Å². The molecule has 6 heteroatoms. The molecule has 2 atom stereocenters. The second-order valence-corrected chi connectivity index (χ2v) is 3.85. The highest BCUT2D eigenvalue weighted by Gasteiger charge is 2.30. The van der Waals surface area contributed by atoms with Gasteiger partial charge in [-0.15, -0.1) is 0 Å². The van der Waals surface area contributed by atoms with Crippen LogP contribution in [0.25, 0.3) is 0 Å². The highest BCUT2D eigenvalue weighted by atomic mass is 19.4. The molecule has 0 radical (unpaired) electrons. The molecule has 0 aromatic rings. The van der Waals surface area contributed by atoms with Gasteiger partial charge < -0.3 is 15.4 Å². The first-order valence-corrected chi connectivity index (χ1v) is 5.08. The van der Waals surface area contributed by atoms with Gasteiger partial charge >= 0.3 is 6.18 Å². The number of morpholine rings is 1. The summed E-state index contributed by atoms with van der Waals surface area (Å²) < 4.78 is 41.2. The van der Waals surface area contributed by atoms with Crippen molar-refractivity contribution in [2.45, 2.75) is 31.6 Å². The van der Waals surface area contributed by atoms with E-state index in [0.717, 1.165) is 6.54 Å². The van der Waals surface area contributed by atoms with Crippen molar-refractivity contribution in [1.82, 2.24) is 10.6 Å². The van der Waals surface area contributed by atoms with Gasteiger partial charge in [-0.25, -0.2) is 0 Å². The van der Waals surface area contributed by atoms with Crippen molar-refractivity contribution in [3.8, 4) is 0 Å². The average Bonchev–Trinajstić information content (AvgIpc) is 2.14. The Kier molecular flexibility index (Phi) is 4.82. The Bertz CT molecular complexity index is 181. The molecule has 0 spiro atoms. The van der Waals surface area contributed by atoms with Crippen LogP contribution in [0.5, 0.6) is 0 Å². The molecule has 0 aromatic carbocycles. The summed E-state index contributed by atoms with van der Waals surface area (Å²) in [6.45, 7) is 4.05. The third-order valence-electron chi connectivity index (χ3n) is 2.25. The molecule has 1 rings (SSSR count). The third-order valence-corrected chi connectivity index (χ3v) is 2.25. The maximum atomic E-state index is 12.0. The van der Waals surface area contributed by atoms with Gasteiger partial charge in [0.05, 0.1) is 19.6 Å². The third kappa shape index (κ3) is 5.96. The van der Waals surface area contributed by atoms with E-state index in [2.05, 4.69) is 10.6 Å². The molecule has 1 saturated heterocycles. The van der Waals surface area contributed by atoms with E-state index in [9.17, 15) is 13.2 Å². The second kappa shape index (κ2) is 5.67. The molecule has 0 saturated carbocycles. The fourth-order valence-electron chi connectivity index (χ4n) is 1.51. The van der Waals surface area contributed by atoms with Crippen LogP contribution in [0.15, 0.2) is 0 Å². The molecule has 3 nitrogen and oxygen atoms in total. The Morgan fingerprint density at radius 1 is 1.53 bits per heavy atom. The monoisotopic (exact) mass is 226 g/mol. The lowest BCUT2D eigenvalue weighted by atomic mass is 10.2. The Morgan fingerprint density at radius 3 is 2.80 bits per heavy atom. The number of nitrogens with one attached hydrogen (secondary N) is 2. The molecule has 0 aliphatic carbocycles. The molecule has 1 aliphatic rings.